The van der Waals surface area contributed by atoms with Crippen LogP contribution < -0.4 is 4.74 Å². The van der Waals surface area contributed by atoms with E-state index in [4.69, 9.17) is 4.74 Å². The van der Waals surface area contributed by atoms with Crippen molar-refractivity contribution >= 4 is 0 Å². The average Bonchev–Trinajstić information content (AvgIpc) is 3.09. The second-order valence-corrected chi connectivity index (χ2v) is 10.5. The van der Waals surface area contributed by atoms with E-state index in [1.807, 2.05) is 12.1 Å². The Morgan fingerprint density at radius 2 is 1.68 bits per heavy atom. The highest BCUT2D eigenvalue weighted by Crippen LogP contribution is 2.49. The molecule has 1 saturated heterocycles. The normalized spacial score (nSPS) is 27.9. The summed E-state index contributed by atoms with van der Waals surface area (Å²) in [5, 5.41) is 11.5. The largest absolute Gasteiger partial charge is 0.497 e. The highest BCUT2D eigenvalue weighted by Gasteiger charge is 2.54. The van der Waals surface area contributed by atoms with E-state index < -0.39 is 6.35 Å². The number of ether oxygens (including phenoxy) is 1. The van der Waals surface area contributed by atoms with Crippen molar-refractivity contribution in [2.24, 2.45) is 0 Å². The summed E-state index contributed by atoms with van der Waals surface area (Å²) >= 11 is 0. The molecule has 5 heteroatoms. The number of nitrogens with zero attached hydrogens (tertiary/aromatic N) is 3. The minimum absolute atomic E-state index is 0.0217. The van der Waals surface area contributed by atoms with E-state index in [0.717, 1.165) is 51.1 Å². The summed E-state index contributed by atoms with van der Waals surface area (Å²) in [5.41, 5.74) is 3.91. The number of benzene rings is 2. The summed E-state index contributed by atoms with van der Waals surface area (Å²) in [4.78, 5) is 7.01. The van der Waals surface area contributed by atoms with Gasteiger partial charge in [0.1, 0.15) is 5.75 Å². The lowest BCUT2D eigenvalue weighted by molar-refractivity contribution is -0.0877. The van der Waals surface area contributed by atoms with Gasteiger partial charge in [0, 0.05) is 30.7 Å². The van der Waals surface area contributed by atoms with Gasteiger partial charge in [0.05, 0.1) is 7.11 Å². The monoisotopic (exact) mass is 463 g/mol. The average molecular weight is 464 g/mol. The quantitative estimate of drug-likeness (QED) is 0.596. The first-order valence-corrected chi connectivity index (χ1v) is 12.5. The van der Waals surface area contributed by atoms with Gasteiger partial charge in [0.15, 0.2) is 6.35 Å². The molecule has 2 aromatic carbocycles. The summed E-state index contributed by atoms with van der Waals surface area (Å²) < 4.78 is 5.32. The molecule has 0 amide bonds. The zero-order valence-corrected chi connectivity index (χ0v) is 21.5. The van der Waals surface area contributed by atoms with Gasteiger partial charge < -0.3 is 9.84 Å². The van der Waals surface area contributed by atoms with Crippen LogP contribution in [0.1, 0.15) is 50.7 Å². The second-order valence-electron chi connectivity index (χ2n) is 10.5. The Bertz CT molecular complexity index is 959. The Morgan fingerprint density at radius 1 is 1.03 bits per heavy atom. The molecule has 1 atom stereocenters. The van der Waals surface area contributed by atoms with Gasteiger partial charge in [-0.3, -0.25) is 14.7 Å². The fraction of sp³-hybridized carbons (Fsp3) is 0.517. The van der Waals surface area contributed by atoms with Crippen LogP contribution in [0.25, 0.3) is 0 Å². The van der Waals surface area contributed by atoms with E-state index in [-0.39, 0.29) is 11.1 Å². The van der Waals surface area contributed by atoms with Crippen molar-refractivity contribution in [3.05, 3.63) is 77.4 Å². The lowest BCUT2D eigenvalue weighted by Gasteiger charge is -2.51. The number of hydrogen-bond acceptors (Lipinski definition) is 5. The first kappa shape index (κ1) is 24.9. The van der Waals surface area contributed by atoms with Gasteiger partial charge >= 0.3 is 0 Å². The molecule has 1 spiro atoms. The molecule has 1 aliphatic heterocycles. The first-order chi connectivity index (χ1) is 16.3. The van der Waals surface area contributed by atoms with Crippen LogP contribution in [-0.4, -0.2) is 66.0 Å². The zero-order chi connectivity index (χ0) is 24.3. The van der Waals surface area contributed by atoms with Crippen LogP contribution in [0.2, 0.25) is 0 Å². The molecule has 1 heterocycles. The van der Waals surface area contributed by atoms with Crippen molar-refractivity contribution in [2.75, 3.05) is 34.3 Å². The molecule has 0 radical (unpaired) electrons. The standard InChI is InChI=1S/C29H41N3O2/c1-23(2)15-20-32-27(33)31(21-24-11-13-26(34-5)14-12-24)22-28(32)16-18-29(19-17-28,30(3)4)25-9-7-6-8-10-25/h6-15,27,33H,16-22H2,1-5H3/t27?,28-,29+. The third-order valence-electron chi connectivity index (χ3n) is 8.13. The summed E-state index contributed by atoms with van der Waals surface area (Å²) in [6.45, 7) is 6.67. The fourth-order valence-corrected chi connectivity index (χ4v) is 5.98. The number of rotatable bonds is 7. The topological polar surface area (TPSA) is 39.2 Å². The van der Waals surface area contributed by atoms with Crippen LogP contribution in [0.3, 0.4) is 0 Å². The molecule has 0 bridgehead atoms. The lowest BCUT2D eigenvalue weighted by atomic mass is 9.68. The zero-order valence-electron chi connectivity index (χ0n) is 21.5. The van der Waals surface area contributed by atoms with Crippen molar-refractivity contribution in [2.45, 2.75) is 63.5 Å². The molecule has 1 N–H and O–H groups in total. The van der Waals surface area contributed by atoms with Gasteiger partial charge in [0.2, 0.25) is 0 Å². The summed E-state index contributed by atoms with van der Waals surface area (Å²) in [6, 6.07) is 19.2. The minimum atomic E-state index is -0.582. The number of aliphatic hydroxyl groups excluding tert-OH is 1. The molecule has 1 saturated carbocycles. The predicted octanol–water partition coefficient (Wildman–Crippen LogP) is 4.82. The van der Waals surface area contributed by atoms with Crippen LogP contribution in [0, 0.1) is 0 Å². The number of allylic oxidation sites excluding steroid dienone is 1. The molecule has 1 unspecified atom stereocenters. The molecule has 1 aliphatic carbocycles. The fourth-order valence-electron chi connectivity index (χ4n) is 5.98. The highest BCUT2D eigenvalue weighted by molar-refractivity contribution is 5.28. The SMILES string of the molecule is COc1ccc(CN2C[C@]3(CC[C@](c4ccccc4)(N(C)C)CC3)N(CC=C(C)C)C2O)cc1. The number of aliphatic hydroxyl groups is 1. The Kier molecular flexibility index (Phi) is 7.48. The van der Waals surface area contributed by atoms with Crippen molar-refractivity contribution in [3.63, 3.8) is 0 Å². The van der Waals surface area contributed by atoms with Crippen LogP contribution >= 0.6 is 0 Å². The molecule has 2 aromatic rings. The van der Waals surface area contributed by atoms with Crippen molar-refractivity contribution in [3.8, 4) is 5.75 Å². The van der Waals surface area contributed by atoms with Crippen molar-refractivity contribution in [1.29, 1.82) is 0 Å². The minimum Gasteiger partial charge on any atom is -0.497 e. The van der Waals surface area contributed by atoms with Gasteiger partial charge in [-0.2, -0.15) is 0 Å². The predicted molar refractivity (Wildman–Crippen MR) is 139 cm³/mol. The van der Waals surface area contributed by atoms with Crippen LogP contribution in [0.5, 0.6) is 5.75 Å². The van der Waals surface area contributed by atoms with E-state index in [1.54, 1.807) is 7.11 Å². The van der Waals surface area contributed by atoms with Crippen molar-refractivity contribution < 1.29 is 9.84 Å². The van der Waals surface area contributed by atoms with E-state index >= 15 is 0 Å². The molecular weight excluding hydrogens is 422 g/mol. The van der Waals surface area contributed by atoms with Gasteiger partial charge in [0.25, 0.3) is 0 Å². The van der Waals surface area contributed by atoms with Gasteiger partial charge in [-0.05, 0) is 76.9 Å². The first-order valence-electron chi connectivity index (χ1n) is 12.5. The Morgan fingerprint density at radius 3 is 2.24 bits per heavy atom. The lowest BCUT2D eigenvalue weighted by Crippen LogP contribution is -2.56. The Balaban J connectivity index is 1.58. The molecule has 5 nitrogen and oxygen atoms in total. The molecule has 4 rings (SSSR count). The summed E-state index contributed by atoms with van der Waals surface area (Å²) in [6.07, 6.45) is 5.96. The third kappa shape index (κ3) is 4.80. The summed E-state index contributed by atoms with van der Waals surface area (Å²) in [5.74, 6) is 0.862. The van der Waals surface area contributed by atoms with Crippen LogP contribution in [-0.2, 0) is 12.1 Å². The van der Waals surface area contributed by atoms with E-state index in [0.29, 0.717) is 0 Å². The molecule has 2 aliphatic rings. The summed E-state index contributed by atoms with van der Waals surface area (Å²) in [7, 11) is 6.12. The number of methoxy groups -OCH3 is 1. The second kappa shape index (κ2) is 10.2. The van der Waals surface area contributed by atoms with Gasteiger partial charge in [-0.1, -0.05) is 54.1 Å². The molecule has 0 aromatic heterocycles. The molecular formula is C29H41N3O2. The Hall–Kier alpha value is -2.18. The third-order valence-corrected chi connectivity index (χ3v) is 8.13. The highest BCUT2D eigenvalue weighted by atomic mass is 16.5. The maximum absolute atomic E-state index is 11.5. The Labute approximate surface area is 205 Å². The van der Waals surface area contributed by atoms with Crippen molar-refractivity contribution in [1.82, 2.24) is 14.7 Å². The number of hydrogen-bond donors (Lipinski definition) is 1. The van der Waals surface area contributed by atoms with Crippen LogP contribution in [0.15, 0.2) is 66.2 Å². The maximum Gasteiger partial charge on any atom is 0.166 e. The molecule has 2 fully saturated rings. The van der Waals surface area contributed by atoms with Gasteiger partial charge in [-0.25, -0.2) is 0 Å². The van der Waals surface area contributed by atoms with Crippen LogP contribution in [0.4, 0.5) is 0 Å². The molecule has 34 heavy (non-hydrogen) atoms. The van der Waals surface area contributed by atoms with E-state index in [9.17, 15) is 5.11 Å². The smallest absolute Gasteiger partial charge is 0.166 e. The van der Waals surface area contributed by atoms with E-state index in [1.165, 1.54) is 16.7 Å². The maximum atomic E-state index is 11.5. The van der Waals surface area contributed by atoms with E-state index in [2.05, 4.69) is 91.2 Å². The van der Waals surface area contributed by atoms with Gasteiger partial charge in [-0.15, -0.1) is 0 Å². The molecule has 184 valence electrons.